The van der Waals surface area contributed by atoms with Crippen LogP contribution in [0.4, 0.5) is 5.82 Å². The number of anilines is 1. The topological polar surface area (TPSA) is 71.7 Å². The molecule has 1 saturated carbocycles. The molecule has 1 aliphatic rings. The maximum atomic E-state index is 9.74. The second-order valence-electron chi connectivity index (χ2n) is 8.13. The zero-order valence-corrected chi connectivity index (χ0v) is 18.3. The van der Waals surface area contributed by atoms with Gasteiger partial charge in [-0.3, -0.25) is 0 Å². The quantitative estimate of drug-likeness (QED) is 0.487. The van der Waals surface area contributed by atoms with E-state index in [-0.39, 0.29) is 6.10 Å². The van der Waals surface area contributed by atoms with E-state index in [1.54, 1.807) is 18.4 Å². The molecule has 156 valence electrons. The van der Waals surface area contributed by atoms with Gasteiger partial charge in [0.05, 0.1) is 24.3 Å². The van der Waals surface area contributed by atoms with Crippen LogP contribution in [0.1, 0.15) is 36.8 Å². The fraction of sp³-hybridized carbons (Fsp3) is 0.391. The standard InChI is InChI=1S/C23H26N4O2S/c1-13-14(2)19(29-3)11-20-17(13)10-21(30-20)18-12-24-23-9-8-22(26-27(18)23)25-15-4-6-16(28)7-5-15/h8-12,15-16,28H,4-7H2,1-3H3,(H,25,26). The van der Waals surface area contributed by atoms with Crippen LogP contribution in [-0.4, -0.2) is 39.0 Å². The van der Waals surface area contributed by atoms with Gasteiger partial charge >= 0.3 is 0 Å². The predicted octanol–water partition coefficient (Wildman–Crippen LogP) is 4.95. The minimum absolute atomic E-state index is 0.155. The minimum Gasteiger partial charge on any atom is -0.496 e. The molecule has 1 fully saturated rings. The third-order valence-corrected chi connectivity index (χ3v) is 7.35. The molecular weight excluding hydrogens is 396 g/mol. The number of thiophene rings is 1. The molecule has 3 heterocycles. The van der Waals surface area contributed by atoms with Crippen LogP contribution < -0.4 is 10.1 Å². The molecule has 0 saturated heterocycles. The lowest BCUT2D eigenvalue weighted by atomic mass is 9.93. The van der Waals surface area contributed by atoms with E-state index in [4.69, 9.17) is 9.84 Å². The van der Waals surface area contributed by atoms with Gasteiger partial charge in [-0.15, -0.1) is 16.4 Å². The van der Waals surface area contributed by atoms with Crippen molar-refractivity contribution in [1.82, 2.24) is 14.6 Å². The summed E-state index contributed by atoms with van der Waals surface area (Å²) in [6.07, 6.45) is 5.37. The highest BCUT2D eigenvalue weighted by Gasteiger charge is 2.20. The molecule has 30 heavy (non-hydrogen) atoms. The molecule has 2 N–H and O–H groups in total. The van der Waals surface area contributed by atoms with Gasteiger partial charge in [0.1, 0.15) is 17.3 Å². The Morgan fingerprint density at radius 1 is 1.13 bits per heavy atom. The molecule has 6 nitrogen and oxygen atoms in total. The van der Waals surface area contributed by atoms with Gasteiger partial charge in [-0.1, -0.05) is 0 Å². The van der Waals surface area contributed by atoms with E-state index in [0.717, 1.165) is 53.5 Å². The van der Waals surface area contributed by atoms with Gasteiger partial charge in [0.2, 0.25) is 0 Å². The van der Waals surface area contributed by atoms with Crippen LogP contribution in [0, 0.1) is 13.8 Å². The number of nitrogens with one attached hydrogen (secondary N) is 1. The zero-order chi connectivity index (χ0) is 20.8. The number of aliphatic hydroxyl groups excluding tert-OH is 1. The highest BCUT2D eigenvalue weighted by Crippen LogP contribution is 2.39. The number of aliphatic hydroxyl groups is 1. The molecule has 7 heteroatoms. The van der Waals surface area contributed by atoms with Crippen molar-refractivity contribution in [2.24, 2.45) is 0 Å². The Bertz CT molecular complexity index is 1220. The third kappa shape index (κ3) is 3.32. The van der Waals surface area contributed by atoms with Crippen molar-refractivity contribution in [2.75, 3.05) is 12.4 Å². The average Bonchev–Trinajstić information content (AvgIpc) is 3.36. The van der Waals surface area contributed by atoms with Crippen LogP contribution in [0.3, 0.4) is 0 Å². The first-order valence-electron chi connectivity index (χ1n) is 10.4. The van der Waals surface area contributed by atoms with Crippen LogP contribution in [0.2, 0.25) is 0 Å². The second kappa shape index (κ2) is 7.56. The Morgan fingerprint density at radius 2 is 1.93 bits per heavy atom. The van der Waals surface area contributed by atoms with E-state index in [1.807, 2.05) is 22.8 Å². The molecule has 0 amide bonds. The Balaban J connectivity index is 1.52. The molecule has 0 radical (unpaired) electrons. The summed E-state index contributed by atoms with van der Waals surface area (Å²) in [7, 11) is 1.72. The highest BCUT2D eigenvalue weighted by molar-refractivity contribution is 7.22. The Hall–Kier alpha value is -2.64. The number of nitrogens with zero attached hydrogens (tertiary/aromatic N) is 3. The van der Waals surface area contributed by atoms with Crippen LogP contribution in [0.25, 0.3) is 26.3 Å². The molecule has 0 unspecified atom stereocenters. The molecule has 1 aliphatic carbocycles. The zero-order valence-electron chi connectivity index (χ0n) is 17.5. The van der Waals surface area contributed by atoms with Crippen molar-refractivity contribution in [3.05, 3.63) is 41.6 Å². The Kier molecular flexibility index (Phi) is 4.87. The summed E-state index contributed by atoms with van der Waals surface area (Å²) >= 11 is 1.73. The summed E-state index contributed by atoms with van der Waals surface area (Å²) in [4.78, 5) is 5.70. The van der Waals surface area contributed by atoms with Gasteiger partial charge in [0.25, 0.3) is 0 Å². The van der Waals surface area contributed by atoms with Crippen molar-refractivity contribution in [2.45, 2.75) is 51.7 Å². The lowest BCUT2D eigenvalue weighted by Crippen LogP contribution is -2.28. The van der Waals surface area contributed by atoms with Gasteiger partial charge < -0.3 is 15.2 Å². The minimum atomic E-state index is -0.155. The summed E-state index contributed by atoms with van der Waals surface area (Å²) in [6, 6.07) is 8.69. The molecule has 0 aliphatic heterocycles. The molecule has 0 bridgehead atoms. The number of aryl methyl sites for hydroxylation is 1. The number of rotatable bonds is 4. The van der Waals surface area contributed by atoms with Crippen molar-refractivity contribution in [3.63, 3.8) is 0 Å². The lowest BCUT2D eigenvalue weighted by Gasteiger charge is -2.26. The first-order chi connectivity index (χ1) is 14.5. The number of hydrogen-bond donors (Lipinski definition) is 2. The number of methoxy groups -OCH3 is 1. The molecule has 4 aromatic rings. The normalized spacial score (nSPS) is 19.5. The van der Waals surface area contributed by atoms with Crippen LogP contribution in [-0.2, 0) is 0 Å². The van der Waals surface area contributed by atoms with E-state index in [2.05, 4.69) is 36.3 Å². The van der Waals surface area contributed by atoms with Crippen molar-refractivity contribution in [3.8, 4) is 16.3 Å². The Morgan fingerprint density at radius 3 is 2.70 bits per heavy atom. The smallest absolute Gasteiger partial charge is 0.154 e. The molecule has 3 aromatic heterocycles. The number of imidazole rings is 1. The number of ether oxygens (including phenoxy) is 1. The summed E-state index contributed by atoms with van der Waals surface area (Å²) in [5.74, 6) is 1.77. The van der Waals surface area contributed by atoms with Gasteiger partial charge in [0, 0.05) is 10.7 Å². The summed E-state index contributed by atoms with van der Waals surface area (Å²) in [5, 5.41) is 19.4. The number of aromatic nitrogens is 3. The molecule has 0 spiro atoms. The SMILES string of the molecule is COc1cc2sc(-c3cnc4ccc(NC5CCC(O)CC5)nn34)cc2c(C)c1C. The molecule has 1 aromatic carbocycles. The predicted molar refractivity (Wildman–Crippen MR) is 122 cm³/mol. The fourth-order valence-electron chi connectivity index (χ4n) is 4.31. The number of fused-ring (bicyclic) bond motifs is 2. The maximum Gasteiger partial charge on any atom is 0.154 e. The average molecular weight is 423 g/mol. The summed E-state index contributed by atoms with van der Waals surface area (Å²) in [6.45, 7) is 4.25. The van der Waals surface area contributed by atoms with E-state index in [1.165, 1.54) is 21.2 Å². The monoisotopic (exact) mass is 422 g/mol. The van der Waals surface area contributed by atoms with Crippen molar-refractivity contribution < 1.29 is 9.84 Å². The van der Waals surface area contributed by atoms with E-state index in [0.29, 0.717) is 6.04 Å². The van der Waals surface area contributed by atoms with E-state index in [9.17, 15) is 5.11 Å². The highest BCUT2D eigenvalue weighted by atomic mass is 32.1. The lowest BCUT2D eigenvalue weighted by molar-refractivity contribution is 0.126. The summed E-state index contributed by atoms with van der Waals surface area (Å²) < 4.78 is 8.68. The van der Waals surface area contributed by atoms with Crippen molar-refractivity contribution in [1.29, 1.82) is 0 Å². The van der Waals surface area contributed by atoms with Crippen LogP contribution in [0.5, 0.6) is 5.75 Å². The van der Waals surface area contributed by atoms with Gasteiger partial charge in [0.15, 0.2) is 5.65 Å². The van der Waals surface area contributed by atoms with Gasteiger partial charge in [-0.25, -0.2) is 9.50 Å². The van der Waals surface area contributed by atoms with Gasteiger partial charge in [-0.2, -0.15) is 0 Å². The van der Waals surface area contributed by atoms with Crippen LogP contribution in [0.15, 0.2) is 30.5 Å². The van der Waals surface area contributed by atoms with E-state index >= 15 is 0 Å². The third-order valence-electron chi connectivity index (χ3n) is 6.24. The first kappa shape index (κ1) is 19.3. The number of hydrogen-bond acceptors (Lipinski definition) is 6. The van der Waals surface area contributed by atoms with E-state index < -0.39 is 0 Å². The fourth-order valence-corrected chi connectivity index (χ4v) is 5.45. The Labute approximate surface area is 179 Å². The maximum absolute atomic E-state index is 9.74. The largest absolute Gasteiger partial charge is 0.496 e. The molecule has 5 rings (SSSR count). The van der Waals surface area contributed by atoms with Crippen molar-refractivity contribution >= 4 is 32.9 Å². The van der Waals surface area contributed by atoms with Gasteiger partial charge in [-0.05, 0) is 80.3 Å². The first-order valence-corrected chi connectivity index (χ1v) is 11.2. The number of benzene rings is 1. The second-order valence-corrected chi connectivity index (χ2v) is 9.22. The molecular formula is C23H26N4O2S. The molecule has 0 atom stereocenters. The van der Waals surface area contributed by atoms with Crippen LogP contribution >= 0.6 is 11.3 Å². The summed E-state index contributed by atoms with van der Waals surface area (Å²) in [5.41, 5.74) is 4.24.